The molecule has 0 spiro atoms. The topological polar surface area (TPSA) is 82.5 Å². The Labute approximate surface area is 153 Å². The highest BCUT2D eigenvalue weighted by atomic mass is 127. The zero-order valence-electron chi connectivity index (χ0n) is 14.2. The molecule has 0 radical (unpaired) electrons. The molecule has 0 saturated carbocycles. The minimum Gasteiger partial charge on any atom is -0.447 e. The first-order valence-electron chi connectivity index (χ1n) is 7.44. The minimum absolute atomic E-state index is 0.213. The van der Waals surface area contributed by atoms with Crippen molar-refractivity contribution in [2.45, 2.75) is 46.3 Å². The van der Waals surface area contributed by atoms with E-state index in [0.29, 0.717) is 11.3 Å². The number of carbonyl (C=O) groups excluding carboxylic acids is 2. The second-order valence-corrected chi connectivity index (χ2v) is 7.66. The highest BCUT2D eigenvalue weighted by Gasteiger charge is 2.21. The van der Waals surface area contributed by atoms with Gasteiger partial charge < -0.3 is 9.47 Å². The van der Waals surface area contributed by atoms with Crippen LogP contribution in [0, 0.1) is 3.57 Å². The number of carbonyl (C=O) groups is 2. The van der Waals surface area contributed by atoms with Crippen LogP contribution >= 0.6 is 22.6 Å². The summed E-state index contributed by atoms with van der Waals surface area (Å²) in [5.74, 6) is 0. The van der Waals surface area contributed by atoms with E-state index in [1.54, 1.807) is 46.9 Å². The fourth-order valence-corrected chi connectivity index (χ4v) is 2.62. The van der Waals surface area contributed by atoms with E-state index in [1.165, 1.54) is 10.8 Å². The molecule has 2 rings (SSSR count). The number of ether oxygens (including phenoxy) is 2. The van der Waals surface area contributed by atoms with Gasteiger partial charge in [0.05, 0.1) is 18.0 Å². The Morgan fingerprint density at radius 1 is 1.33 bits per heavy atom. The summed E-state index contributed by atoms with van der Waals surface area (Å²) in [7, 11) is 0. The van der Waals surface area contributed by atoms with Crippen LogP contribution in [0.5, 0.6) is 0 Å². The highest BCUT2D eigenvalue weighted by molar-refractivity contribution is 14.1. The van der Waals surface area contributed by atoms with E-state index < -0.39 is 17.8 Å². The predicted octanol–water partition coefficient (Wildman–Crippen LogP) is 4.38. The molecule has 1 amide bonds. The van der Waals surface area contributed by atoms with E-state index in [2.05, 4.69) is 32.9 Å². The number of aromatic nitrogens is 2. The summed E-state index contributed by atoms with van der Waals surface area (Å²) in [6.07, 6.45) is 1.87. The Morgan fingerprint density at radius 2 is 2.00 bits per heavy atom. The maximum absolute atomic E-state index is 12.3. The molecule has 0 bridgehead atoms. The lowest BCUT2D eigenvalue weighted by molar-refractivity contribution is 0.0543. The largest absolute Gasteiger partial charge is 0.447 e. The van der Waals surface area contributed by atoms with Gasteiger partial charge in [-0.1, -0.05) is 0 Å². The van der Waals surface area contributed by atoms with E-state index in [1.807, 2.05) is 0 Å². The van der Waals surface area contributed by atoms with Crippen LogP contribution in [0.1, 0.15) is 34.6 Å². The lowest BCUT2D eigenvalue weighted by atomic mass is 10.2. The van der Waals surface area contributed by atoms with Gasteiger partial charge in [0.1, 0.15) is 5.60 Å². The third-order valence-corrected chi connectivity index (χ3v) is 3.63. The van der Waals surface area contributed by atoms with Crippen LogP contribution in [0.15, 0.2) is 18.5 Å². The molecule has 2 aromatic rings. The average molecular weight is 445 g/mol. The molecule has 2 aromatic heterocycles. The first-order valence-corrected chi connectivity index (χ1v) is 8.52. The van der Waals surface area contributed by atoms with Gasteiger partial charge in [-0.25, -0.2) is 19.1 Å². The van der Waals surface area contributed by atoms with Gasteiger partial charge in [-0.3, -0.25) is 5.32 Å². The molecule has 0 saturated heterocycles. The maximum atomic E-state index is 12.3. The van der Waals surface area contributed by atoms with Crippen LogP contribution in [0.25, 0.3) is 11.0 Å². The molecule has 0 aliphatic rings. The van der Waals surface area contributed by atoms with Crippen LogP contribution in [0.4, 0.5) is 15.3 Å². The van der Waals surface area contributed by atoms with Gasteiger partial charge in [0.15, 0.2) is 5.65 Å². The van der Waals surface area contributed by atoms with Crippen LogP contribution in [0.2, 0.25) is 0 Å². The van der Waals surface area contributed by atoms with Crippen molar-refractivity contribution >= 4 is 51.5 Å². The SMILES string of the molecule is CC(C)OC(=O)Nc1cnc2c(c1)c(I)cn2C(=O)OC(C)(C)C. The maximum Gasteiger partial charge on any atom is 0.420 e. The number of halogens is 1. The van der Waals surface area contributed by atoms with Crippen molar-refractivity contribution < 1.29 is 19.1 Å². The van der Waals surface area contributed by atoms with Gasteiger partial charge in [-0.2, -0.15) is 0 Å². The molecule has 8 heteroatoms. The van der Waals surface area contributed by atoms with E-state index in [9.17, 15) is 9.59 Å². The van der Waals surface area contributed by atoms with Gasteiger partial charge in [0, 0.05) is 15.2 Å². The third-order valence-electron chi connectivity index (χ3n) is 2.77. The average Bonchev–Trinajstić information content (AvgIpc) is 2.73. The molecule has 1 N–H and O–H groups in total. The van der Waals surface area contributed by atoms with Crippen molar-refractivity contribution in [1.82, 2.24) is 9.55 Å². The van der Waals surface area contributed by atoms with Gasteiger partial charge in [0.25, 0.3) is 0 Å². The summed E-state index contributed by atoms with van der Waals surface area (Å²) >= 11 is 2.11. The Morgan fingerprint density at radius 3 is 2.58 bits per heavy atom. The molecule has 0 atom stereocenters. The lowest BCUT2D eigenvalue weighted by Gasteiger charge is -2.19. The fraction of sp³-hybridized carbons (Fsp3) is 0.438. The molecule has 2 heterocycles. The standard InChI is InChI=1S/C16H20IN3O4/c1-9(2)23-14(21)19-10-6-11-12(17)8-20(13(11)18-7-10)15(22)24-16(3,4)5/h6-9H,1-5H3,(H,19,21). The molecule has 0 aliphatic heterocycles. The first-order chi connectivity index (χ1) is 11.1. The molecule has 24 heavy (non-hydrogen) atoms. The smallest absolute Gasteiger partial charge is 0.420 e. The molecule has 0 unspecified atom stereocenters. The Bertz CT molecular complexity index is 777. The van der Waals surface area contributed by atoms with Crippen LogP contribution in [0.3, 0.4) is 0 Å². The molecular formula is C16H20IN3O4. The van der Waals surface area contributed by atoms with Crippen molar-refractivity contribution in [1.29, 1.82) is 0 Å². The summed E-state index contributed by atoms with van der Waals surface area (Å²) in [6, 6.07) is 1.74. The summed E-state index contributed by atoms with van der Waals surface area (Å²) in [5, 5.41) is 3.36. The molecule has 0 fully saturated rings. The number of fused-ring (bicyclic) bond motifs is 1. The fourth-order valence-electron chi connectivity index (χ4n) is 1.95. The monoisotopic (exact) mass is 445 g/mol. The second-order valence-electron chi connectivity index (χ2n) is 6.50. The van der Waals surface area contributed by atoms with Crippen molar-refractivity contribution in [2.24, 2.45) is 0 Å². The zero-order valence-corrected chi connectivity index (χ0v) is 16.4. The van der Waals surface area contributed by atoms with Crippen LogP contribution in [-0.2, 0) is 9.47 Å². The molecule has 130 valence electrons. The van der Waals surface area contributed by atoms with Gasteiger partial charge in [-0.05, 0) is 63.3 Å². The van der Waals surface area contributed by atoms with Crippen molar-refractivity contribution in [3.05, 3.63) is 22.0 Å². The summed E-state index contributed by atoms with van der Waals surface area (Å²) in [4.78, 5) is 28.2. The third kappa shape index (κ3) is 4.59. The Hall–Kier alpha value is -1.84. The zero-order chi connectivity index (χ0) is 18.1. The highest BCUT2D eigenvalue weighted by Crippen LogP contribution is 2.25. The second kappa shape index (κ2) is 6.96. The van der Waals surface area contributed by atoms with Gasteiger partial charge in [0.2, 0.25) is 0 Å². The van der Waals surface area contributed by atoms with Crippen LogP contribution in [-0.4, -0.2) is 33.4 Å². The lowest BCUT2D eigenvalue weighted by Crippen LogP contribution is -2.26. The van der Waals surface area contributed by atoms with Crippen LogP contribution < -0.4 is 5.32 Å². The normalized spacial score (nSPS) is 11.6. The summed E-state index contributed by atoms with van der Waals surface area (Å²) in [5.41, 5.74) is 0.366. The molecular weight excluding hydrogens is 425 g/mol. The first kappa shape index (κ1) is 18.5. The minimum atomic E-state index is -0.596. The van der Waals surface area contributed by atoms with Gasteiger partial charge in [-0.15, -0.1) is 0 Å². The van der Waals surface area contributed by atoms with Crippen molar-refractivity contribution in [2.75, 3.05) is 5.32 Å². The number of anilines is 1. The molecule has 0 aromatic carbocycles. The quantitative estimate of drug-likeness (QED) is 0.694. The number of nitrogens with one attached hydrogen (secondary N) is 1. The predicted molar refractivity (Wildman–Crippen MR) is 99.3 cm³/mol. The Balaban J connectivity index is 2.30. The number of nitrogens with zero attached hydrogens (tertiary/aromatic N) is 2. The van der Waals surface area contributed by atoms with E-state index in [0.717, 1.165) is 8.96 Å². The Kier molecular flexibility index (Phi) is 5.36. The number of hydrogen-bond acceptors (Lipinski definition) is 5. The number of rotatable bonds is 2. The van der Waals surface area contributed by atoms with E-state index in [-0.39, 0.29) is 6.10 Å². The number of hydrogen-bond donors (Lipinski definition) is 1. The van der Waals surface area contributed by atoms with Crippen molar-refractivity contribution in [3.8, 4) is 0 Å². The molecule has 0 aliphatic carbocycles. The summed E-state index contributed by atoms with van der Waals surface area (Å²) in [6.45, 7) is 8.95. The van der Waals surface area contributed by atoms with E-state index in [4.69, 9.17) is 9.47 Å². The van der Waals surface area contributed by atoms with E-state index >= 15 is 0 Å². The molecule has 7 nitrogen and oxygen atoms in total. The summed E-state index contributed by atoms with van der Waals surface area (Å²) < 4.78 is 12.6. The van der Waals surface area contributed by atoms with Crippen molar-refractivity contribution in [3.63, 3.8) is 0 Å². The van der Waals surface area contributed by atoms with Gasteiger partial charge >= 0.3 is 12.2 Å². The number of amides is 1. The number of pyridine rings is 1.